The molecule has 1 aliphatic rings. The van der Waals surface area contributed by atoms with Crippen LogP contribution in [0.25, 0.3) is 0 Å². The maximum atomic E-state index is 12.5. The Balaban J connectivity index is 1.61. The van der Waals surface area contributed by atoms with E-state index >= 15 is 0 Å². The summed E-state index contributed by atoms with van der Waals surface area (Å²) in [6.07, 6.45) is 3.31. The molecule has 1 aliphatic heterocycles. The van der Waals surface area contributed by atoms with Crippen molar-refractivity contribution in [2.75, 3.05) is 25.5 Å². The first-order valence-corrected chi connectivity index (χ1v) is 9.75. The summed E-state index contributed by atoms with van der Waals surface area (Å²) in [6, 6.07) is 7.79. The van der Waals surface area contributed by atoms with E-state index in [1.807, 2.05) is 24.3 Å². The molecule has 1 aromatic heterocycles. The number of anilines is 1. The third-order valence-corrected chi connectivity index (χ3v) is 5.37. The molecule has 0 aliphatic carbocycles. The second-order valence-electron chi connectivity index (χ2n) is 6.56. The largest absolute Gasteiger partial charge is 0.313 e. The number of thiazole rings is 1. The number of carbonyl (C=O) groups is 1. The number of nitrogens with one attached hydrogen (secondary N) is 2. The molecule has 2 N–H and O–H groups in total. The summed E-state index contributed by atoms with van der Waals surface area (Å²) in [5.74, 6) is -0.0881. The monoisotopic (exact) mass is 358 g/mol. The summed E-state index contributed by atoms with van der Waals surface area (Å²) in [4.78, 5) is 20.7. The lowest BCUT2D eigenvalue weighted by Crippen LogP contribution is -2.25. The molecule has 1 amide bonds. The van der Waals surface area contributed by atoms with Gasteiger partial charge in [-0.3, -0.25) is 10.1 Å². The molecule has 1 aromatic carbocycles. The number of likely N-dealkylation sites (N-methyl/N-ethyl adjacent to an activating group) is 1. The minimum atomic E-state index is -0.0881. The molecule has 0 saturated heterocycles. The van der Waals surface area contributed by atoms with E-state index in [4.69, 9.17) is 0 Å². The van der Waals surface area contributed by atoms with Crippen LogP contribution in [0.3, 0.4) is 0 Å². The van der Waals surface area contributed by atoms with Gasteiger partial charge >= 0.3 is 0 Å². The van der Waals surface area contributed by atoms with Gasteiger partial charge in [-0.25, -0.2) is 4.98 Å². The molecule has 0 saturated carbocycles. The van der Waals surface area contributed by atoms with Gasteiger partial charge in [0.15, 0.2) is 5.13 Å². The topological polar surface area (TPSA) is 57.3 Å². The minimum Gasteiger partial charge on any atom is -0.313 e. The molecule has 0 unspecified atom stereocenters. The number of hydrogen-bond donors (Lipinski definition) is 2. The highest BCUT2D eigenvalue weighted by Crippen LogP contribution is 2.28. The zero-order valence-electron chi connectivity index (χ0n) is 15.0. The van der Waals surface area contributed by atoms with Crippen LogP contribution in [0.1, 0.15) is 46.3 Å². The zero-order chi connectivity index (χ0) is 17.6. The Hall–Kier alpha value is -1.76. The van der Waals surface area contributed by atoms with E-state index in [9.17, 15) is 4.79 Å². The number of nitrogens with zero attached hydrogens (tertiary/aromatic N) is 2. The maximum absolute atomic E-state index is 12.5. The molecular weight excluding hydrogens is 332 g/mol. The van der Waals surface area contributed by atoms with Crippen molar-refractivity contribution in [1.82, 2.24) is 15.2 Å². The molecule has 0 radical (unpaired) electrons. The first-order valence-electron chi connectivity index (χ1n) is 8.94. The van der Waals surface area contributed by atoms with E-state index in [-0.39, 0.29) is 5.91 Å². The Morgan fingerprint density at radius 1 is 1.40 bits per heavy atom. The third kappa shape index (κ3) is 4.87. The van der Waals surface area contributed by atoms with Gasteiger partial charge in [-0.15, -0.1) is 11.3 Å². The molecule has 0 bridgehead atoms. The molecular formula is C19H26N4OS. The number of rotatable bonds is 7. The number of fused-ring (bicyclic) bond motifs is 1. The van der Waals surface area contributed by atoms with Gasteiger partial charge in [0.25, 0.3) is 5.91 Å². The fraction of sp³-hybridized carbons (Fsp3) is 0.474. The van der Waals surface area contributed by atoms with Crippen LogP contribution in [0.15, 0.2) is 24.3 Å². The molecule has 5 nitrogen and oxygen atoms in total. The minimum absolute atomic E-state index is 0.0881. The third-order valence-electron chi connectivity index (χ3n) is 4.37. The van der Waals surface area contributed by atoms with Crippen LogP contribution in [0.2, 0.25) is 0 Å². The van der Waals surface area contributed by atoms with Gasteiger partial charge in [0.2, 0.25) is 0 Å². The molecule has 25 heavy (non-hydrogen) atoms. The Kier molecular flexibility index (Phi) is 6.18. The van der Waals surface area contributed by atoms with Gasteiger partial charge < -0.3 is 10.2 Å². The normalized spacial score (nSPS) is 14.3. The van der Waals surface area contributed by atoms with Gasteiger partial charge in [0.05, 0.1) is 5.69 Å². The van der Waals surface area contributed by atoms with Gasteiger partial charge in [-0.2, -0.15) is 0 Å². The number of unbranched alkanes of at least 4 members (excludes halogenated alkanes) is 1. The molecule has 2 heterocycles. The second-order valence-corrected chi connectivity index (χ2v) is 7.65. The van der Waals surface area contributed by atoms with E-state index in [1.54, 1.807) is 11.3 Å². The Morgan fingerprint density at radius 3 is 3.12 bits per heavy atom. The summed E-state index contributed by atoms with van der Waals surface area (Å²) >= 11 is 1.59. The SMILES string of the molecule is CCCCNCc1cccc(C(=O)Nc2nc3c(s2)CN(C)CC3)c1. The van der Waals surface area contributed by atoms with Crippen molar-refractivity contribution in [2.24, 2.45) is 0 Å². The van der Waals surface area contributed by atoms with Gasteiger partial charge in [-0.05, 0) is 37.7 Å². The number of carbonyl (C=O) groups excluding carboxylic acids is 1. The quantitative estimate of drug-likeness (QED) is 0.746. The number of benzene rings is 1. The highest BCUT2D eigenvalue weighted by atomic mass is 32.1. The van der Waals surface area contributed by atoms with E-state index < -0.39 is 0 Å². The molecule has 6 heteroatoms. The zero-order valence-corrected chi connectivity index (χ0v) is 15.8. The summed E-state index contributed by atoms with van der Waals surface area (Å²) < 4.78 is 0. The molecule has 0 fully saturated rings. The van der Waals surface area contributed by atoms with Crippen LogP contribution in [0.4, 0.5) is 5.13 Å². The van der Waals surface area contributed by atoms with Crippen molar-refractivity contribution < 1.29 is 4.79 Å². The molecule has 0 spiro atoms. The van der Waals surface area contributed by atoms with Crippen molar-refractivity contribution in [2.45, 2.75) is 39.3 Å². The lowest BCUT2D eigenvalue weighted by molar-refractivity contribution is 0.102. The summed E-state index contributed by atoms with van der Waals surface area (Å²) in [7, 11) is 2.11. The van der Waals surface area contributed by atoms with Crippen LogP contribution in [0, 0.1) is 0 Å². The maximum Gasteiger partial charge on any atom is 0.257 e. The number of aromatic nitrogens is 1. The Bertz CT molecular complexity index is 728. The molecule has 0 atom stereocenters. The van der Waals surface area contributed by atoms with Crippen molar-refractivity contribution in [3.05, 3.63) is 46.0 Å². The Labute approximate surface area is 153 Å². The van der Waals surface area contributed by atoms with Crippen LogP contribution >= 0.6 is 11.3 Å². The lowest BCUT2D eigenvalue weighted by atomic mass is 10.1. The molecule has 3 rings (SSSR count). The summed E-state index contributed by atoms with van der Waals surface area (Å²) in [6.45, 7) is 5.92. The van der Waals surface area contributed by atoms with E-state index in [1.165, 1.54) is 17.7 Å². The average Bonchev–Trinajstić information content (AvgIpc) is 3.00. The standard InChI is InChI=1S/C19H26N4OS/c1-3-4-9-20-12-14-6-5-7-15(11-14)18(24)22-19-21-16-8-10-23(2)13-17(16)25-19/h5-7,11,20H,3-4,8-10,12-13H2,1-2H3,(H,21,22,24). The highest BCUT2D eigenvalue weighted by molar-refractivity contribution is 7.15. The molecule has 2 aromatic rings. The lowest BCUT2D eigenvalue weighted by Gasteiger charge is -2.20. The molecule has 134 valence electrons. The first kappa shape index (κ1) is 18.0. The van der Waals surface area contributed by atoms with Gasteiger partial charge in [0, 0.05) is 36.5 Å². The van der Waals surface area contributed by atoms with Crippen LogP contribution in [-0.2, 0) is 19.5 Å². The number of amides is 1. The second kappa shape index (κ2) is 8.56. The van der Waals surface area contributed by atoms with Crippen LogP contribution in [0.5, 0.6) is 0 Å². The van der Waals surface area contributed by atoms with Crippen molar-refractivity contribution >= 4 is 22.4 Å². The first-order chi connectivity index (χ1) is 12.2. The average molecular weight is 359 g/mol. The smallest absolute Gasteiger partial charge is 0.257 e. The summed E-state index contributed by atoms with van der Waals surface area (Å²) in [5, 5.41) is 7.08. The fourth-order valence-electron chi connectivity index (χ4n) is 2.90. The van der Waals surface area contributed by atoms with Crippen LogP contribution < -0.4 is 10.6 Å². The van der Waals surface area contributed by atoms with Gasteiger partial charge in [-0.1, -0.05) is 25.5 Å². The van der Waals surface area contributed by atoms with Crippen molar-refractivity contribution in [3.8, 4) is 0 Å². The van der Waals surface area contributed by atoms with E-state index in [2.05, 4.69) is 34.5 Å². The van der Waals surface area contributed by atoms with Gasteiger partial charge in [0.1, 0.15) is 0 Å². The van der Waals surface area contributed by atoms with Crippen molar-refractivity contribution in [3.63, 3.8) is 0 Å². The predicted molar refractivity (Wildman–Crippen MR) is 103 cm³/mol. The summed E-state index contributed by atoms with van der Waals surface area (Å²) in [5.41, 5.74) is 2.94. The van der Waals surface area contributed by atoms with E-state index in [0.717, 1.165) is 43.9 Å². The Morgan fingerprint density at radius 2 is 2.28 bits per heavy atom. The van der Waals surface area contributed by atoms with Crippen molar-refractivity contribution in [1.29, 1.82) is 0 Å². The van der Waals surface area contributed by atoms with Crippen LogP contribution in [-0.4, -0.2) is 35.9 Å². The highest BCUT2D eigenvalue weighted by Gasteiger charge is 2.19. The fourth-order valence-corrected chi connectivity index (χ4v) is 3.99. The predicted octanol–water partition coefficient (Wildman–Crippen LogP) is 3.27. The number of hydrogen-bond acceptors (Lipinski definition) is 5. The van der Waals surface area contributed by atoms with E-state index in [0.29, 0.717) is 10.7 Å².